The van der Waals surface area contributed by atoms with Crippen LogP contribution in [0.3, 0.4) is 0 Å². The van der Waals surface area contributed by atoms with Gasteiger partial charge < -0.3 is 15.7 Å². The Balaban J connectivity index is 0.00000288. The zero-order valence-corrected chi connectivity index (χ0v) is 17.4. The number of rotatable bonds is 6. The van der Waals surface area contributed by atoms with Crippen LogP contribution in [-0.2, 0) is 6.54 Å². The van der Waals surface area contributed by atoms with Gasteiger partial charge in [0.2, 0.25) is 0 Å². The van der Waals surface area contributed by atoms with Gasteiger partial charge in [-0.15, -0.1) is 35.3 Å². The molecular weight excluding hydrogens is 435 g/mol. The van der Waals surface area contributed by atoms with E-state index in [0.29, 0.717) is 13.1 Å². The minimum atomic E-state index is 0. The molecule has 1 aromatic heterocycles. The highest BCUT2D eigenvalue weighted by Gasteiger charge is 2.11. The molecule has 132 valence electrons. The predicted molar refractivity (Wildman–Crippen MR) is 111 cm³/mol. The Morgan fingerprint density at radius 1 is 1.25 bits per heavy atom. The van der Waals surface area contributed by atoms with Gasteiger partial charge in [-0.2, -0.15) is 0 Å². The molecule has 0 aliphatic heterocycles. The normalized spacial score (nSPS) is 12.4. The molecule has 1 heterocycles. The second-order valence-corrected chi connectivity index (χ2v) is 6.63. The Morgan fingerprint density at radius 3 is 2.50 bits per heavy atom. The van der Waals surface area contributed by atoms with E-state index in [9.17, 15) is 5.11 Å². The van der Waals surface area contributed by atoms with Crippen LogP contribution in [0.15, 0.2) is 35.3 Å². The number of nitrogens with one attached hydrogen (secondary N) is 2. The number of nitrogens with zero attached hydrogens (tertiary/aromatic N) is 2. The van der Waals surface area contributed by atoms with Crippen LogP contribution < -0.4 is 10.6 Å². The van der Waals surface area contributed by atoms with Gasteiger partial charge in [-0.25, -0.2) is 4.98 Å². The average molecular weight is 460 g/mol. The van der Waals surface area contributed by atoms with Gasteiger partial charge in [0.25, 0.3) is 0 Å². The van der Waals surface area contributed by atoms with Crippen molar-refractivity contribution >= 4 is 41.3 Å². The third kappa shape index (κ3) is 6.03. The summed E-state index contributed by atoms with van der Waals surface area (Å²) in [5, 5.41) is 17.3. The molecule has 0 bridgehead atoms. The highest BCUT2D eigenvalue weighted by molar-refractivity contribution is 14.0. The van der Waals surface area contributed by atoms with Gasteiger partial charge in [0, 0.05) is 24.4 Å². The molecule has 0 amide bonds. The van der Waals surface area contributed by atoms with Gasteiger partial charge in [0.05, 0.1) is 23.9 Å². The maximum atomic E-state index is 9.61. The summed E-state index contributed by atoms with van der Waals surface area (Å²) in [4.78, 5) is 9.88. The van der Waals surface area contributed by atoms with Crippen molar-refractivity contribution in [3.8, 4) is 0 Å². The lowest BCUT2D eigenvalue weighted by molar-refractivity contribution is 0.265. The fourth-order valence-electron chi connectivity index (χ4n) is 2.35. The minimum Gasteiger partial charge on any atom is -0.396 e. The summed E-state index contributed by atoms with van der Waals surface area (Å²) >= 11 is 1.70. The molecule has 3 N–H and O–H groups in total. The van der Waals surface area contributed by atoms with Crippen LogP contribution in [-0.4, -0.2) is 36.2 Å². The van der Waals surface area contributed by atoms with Crippen LogP contribution in [0.25, 0.3) is 0 Å². The summed E-state index contributed by atoms with van der Waals surface area (Å²) in [5.74, 6) is 0.770. The highest BCUT2D eigenvalue weighted by atomic mass is 127. The first-order chi connectivity index (χ1) is 11.1. The second-order valence-electron chi connectivity index (χ2n) is 5.34. The molecule has 2 aromatic rings. The van der Waals surface area contributed by atoms with Crippen LogP contribution in [0.5, 0.6) is 0 Å². The van der Waals surface area contributed by atoms with Crippen molar-refractivity contribution in [3.05, 3.63) is 51.5 Å². The van der Waals surface area contributed by atoms with Crippen LogP contribution in [0.2, 0.25) is 0 Å². The maximum absolute atomic E-state index is 9.61. The molecule has 0 saturated carbocycles. The van der Waals surface area contributed by atoms with E-state index < -0.39 is 0 Å². The lowest BCUT2D eigenvalue weighted by Crippen LogP contribution is -2.39. The van der Waals surface area contributed by atoms with Crippen LogP contribution in [0, 0.1) is 13.8 Å². The van der Waals surface area contributed by atoms with Crippen molar-refractivity contribution < 1.29 is 5.11 Å². The molecule has 1 unspecified atom stereocenters. The Bertz CT molecular complexity index is 645. The Kier molecular flexibility index (Phi) is 9.24. The molecule has 0 saturated heterocycles. The van der Waals surface area contributed by atoms with Crippen molar-refractivity contribution in [3.63, 3.8) is 0 Å². The molecule has 7 heteroatoms. The third-order valence-corrected chi connectivity index (χ3v) is 4.72. The number of guanidine groups is 1. The molecule has 5 nitrogen and oxygen atoms in total. The van der Waals surface area contributed by atoms with Gasteiger partial charge in [-0.05, 0) is 19.4 Å². The van der Waals surface area contributed by atoms with E-state index in [1.165, 1.54) is 4.88 Å². The van der Waals surface area contributed by atoms with E-state index in [4.69, 9.17) is 0 Å². The maximum Gasteiger partial charge on any atom is 0.191 e. The largest absolute Gasteiger partial charge is 0.396 e. The van der Waals surface area contributed by atoms with E-state index in [1.807, 2.05) is 44.2 Å². The molecular formula is C17H25IN4OS. The molecule has 0 aliphatic rings. The van der Waals surface area contributed by atoms with E-state index >= 15 is 0 Å². The van der Waals surface area contributed by atoms with Crippen LogP contribution in [0.4, 0.5) is 0 Å². The number of aryl methyl sites for hydroxylation is 2. The van der Waals surface area contributed by atoms with Crippen molar-refractivity contribution in [1.29, 1.82) is 0 Å². The highest BCUT2D eigenvalue weighted by Crippen LogP contribution is 2.16. The van der Waals surface area contributed by atoms with E-state index in [2.05, 4.69) is 20.6 Å². The number of benzene rings is 1. The Labute approximate surface area is 164 Å². The number of halogens is 1. The molecule has 1 atom stereocenters. The third-order valence-electron chi connectivity index (χ3n) is 3.65. The van der Waals surface area contributed by atoms with Gasteiger partial charge in [-0.3, -0.25) is 4.99 Å². The smallest absolute Gasteiger partial charge is 0.191 e. The monoisotopic (exact) mass is 460 g/mol. The second kappa shape index (κ2) is 10.6. The predicted octanol–water partition coefficient (Wildman–Crippen LogP) is 2.82. The summed E-state index contributed by atoms with van der Waals surface area (Å²) in [6.45, 7) is 5.46. The number of aliphatic imine (C=N–C) groups is 1. The molecule has 24 heavy (non-hydrogen) atoms. The summed E-state index contributed by atoms with van der Waals surface area (Å²) < 4.78 is 0. The van der Waals surface area contributed by atoms with Crippen molar-refractivity contribution in [2.75, 3.05) is 20.2 Å². The number of aromatic nitrogens is 1. The molecule has 2 rings (SSSR count). The summed E-state index contributed by atoms with van der Waals surface area (Å²) in [6, 6.07) is 10.0. The number of hydrogen-bond donors (Lipinski definition) is 3. The van der Waals surface area contributed by atoms with Gasteiger partial charge in [0.1, 0.15) is 0 Å². The summed E-state index contributed by atoms with van der Waals surface area (Å²) in [7, 11) is 1.75. The summed E-state index contributed by atoms with van der Waals surface area (Å²) in [6.07, 6.45) is 0. The molecule has 0 radical (unpaired) electrons. The van der Waals surface area contributed by atoms with Gasteiger partial charge >= 0.3 is 0 Å². The number of thiazole rings is 1. The fourth-order valence-corrected chi connectivity index (χ4v) is 3.23. The van der Waals surface area contributed by atoms with Crippen molar-refractivity contribution in [1.82, 2.24) is 15.6 Å². The minimum absolute atomic E-state index is 0. The first-order valence-corrected chi connectivity index (χ1v) is 8.49. The molecule has 0 fully saturated rings. The summed E-state index contributed by atoms with van der Waals surface area (Å²) in [5.41, 5.74) is 2.18. The number of aliphatic hydroxyl groups excluding tert-OH is 1. The standard InChI is InChI=1S/C17H24N4OS.HI/c1-12-16(23-13(2)21-12)10-20-17(18-3)19-9-15(11-22)14-7-5-4-6-8-14;/h4-8,15,22H,9-11H2,1-3H3,(H2,18,19,20);1H. The lowest BCUT2D eigenvalue weighted by Gasteiger charge is -2.18. The van der Waals surface area contributed by atoms with E-state index in [-0.39, 0.29) is 36.5 Å². The molecule has 1 aromatic carbocycles. The quantitative estimate of drug-likeness (QED) is 0.352. The van der Waals surface area contributed by atoms with Gasteiger partial charge in [0.15, 0.2) is 5.96 Å². The zero-order chi connectivity index (χ0) is 16.7. The fraction of sp³-hybridized carbons (Fsp3) is 0.412. The molecule has 0 spiro atoms. The molecule has 0 aliphatic carbocycles. The first kappa shape index (κ1) is 20.9. The zero-order valence-electron chi connectivity index (χ0n) is 14.2. The average Bonchev–Trinajstić information content (AvgIpc) is 2.89. The Hall–Kier alpha value is -1.19. The first-order valence-electron chi connectivity index (χ1n) is 7.67. The van der Waals surface area contributed by atoms with E-state index in [1.54, 1.807) is 18.4 Å². The number of hydrogen-bond acceptors (Lipinski definition) is 4. The Morgan fingerprint density at radius 2 is 1.96 bits per heavy atom. The van der Waals surface area contributed by atoms with Crippen LogP contribution in [0.1, 0.15) is 27.1 Å². The van der Waals surface area contributed by atoms with E-state index in [0.717, 1.165) is 22.2 Å². The SMILES string of the molecule is CN=C(NCc1sc(C)nc1C)NCC(CO)c1ccccc1.I. The van der Waals surface area contributed by atoms with Crippen molar-refractivity contribution in [2.45, 2.75) is 26.3 Å². The number of aliphatic hydroxyl groups is 1. The van der Waals surface area contributed by atoms with Gasteiger partial charge in [-0.1, -0.05) is 30.3 Å². The lowest BCUT2D eigenvalue weighted by atomic mass is 10.0. The topological polar surface area (TPSA) is 69.5 Å². The van der Waals surface area contributed by atoms with Crippen molar-refractivity contribution in [2.24, 2.45) is 4.99 Å². The van der Waals surface area contributed by atoms with Crippen LogP contribution >= 0.6 is 35.3 Å².